The van der Waals surface area contributed by atoms with Gasteiger partial charge >= 0.3 is 0 Å². The second kappa shape index (κ2) is 7.89. The number of hydrogen-bond acceptors (Lipinski definition) is 3. The summed E-state index contributed by atoms with van der Waals surface area (Å²) in [4.78, 5) is 15.9. The first kappa shape index (κ1) is 15.6. The highest BCUT2D eigenvalue weighted by atomic mass is 16.2. The Morgan fingerprint density at radius 3 is 2.74 bits per heavy atom. The molecule has 1 heterocycles. The van der Waals surface area contributed by atoms with Crippen molar-refractivity contribution < 1.29 is 4.79 Å². The first-order chi connectivity index (χ1) is 9.00. The number of aryl methyl sites for hydroxylation is 1. The summed E-state index contributed by atoms with van der Waals surface area (Å²) in [6, 6.07) is 1.79. The smallest absolute Gasteiger partial charge is 0.236 e. The molecule has 0 saturated heterocycles. The van der Waals surface area contributed by atoms with Crippen molar-refractivity contribution in [1.29, 1.82) is 0 Å². The molecular weight excluding hydrogens is 238 g/mol. The van der Waals surface area contributed by atoms with Crippen LogP contribution in [0.1, 0.15) is 38.3 Å². The van der Waals surface area contributed by atoms with Crippen LogP contribution in [-0.4, -0.2) is 23.5 Å². The van der Waals surface area contributed by atoms with Crippen LogP contribution in [0.4, 0.5) is 0 Å². The van der Waals surface area contributed by atoms with E-state index in [-0.39, 0.29) is 11.9 Å². The second-order valence-corrected chi connectivity index (χ2v) is 5.38. The van der Waals surface area contributed by atoms with Crippen molar-refractivity contribution in [3.05, 3.63) is 29.6 Å². The van der Waals surface area contributed by atoms with Gasteiger partial charge in [0.25, 0.3) is 0 Å². The Morgan fingerprint density at radius 2 is 2.11 bits per heavy atom. The molecule has 4 heteroatoms. The van der Waals surface area contributed by atoms with Crippen LogP contribution in [0.3, 0.4) is 0 Å². The van der Waals surface area contributed by atoms with Crippen molar-refractivity contribution in [1.82, 2.24) is 15.6 Å². The van der Waals surface area contributed by atoms with Crippen molar-refractivity contribution in [2.24, 2.45) is 5.92 Å². The molecule has 0 saturated carbocycles. The zero-order chi connectivity index (χ0) is 14.3. The number of carbonyl (C=O) groups excluding carboxylic acids is 1. The molecule has 0 spiro atoms. The topological polar surface area (TPSA) is 54.0 Å². The molecule has 2 N–H and O–H groups in total. The van der Waals surface area contributed by atoms with Crippen LogP contribution in [0.5, 0.6) is 0 Å². The average molecular weight is 263 g/mol. The van der Waals surface area contributed by atoms with Gasteiger partial charge in [-0.1, -0.05) is 13.8 Å². The van der Waals surface area contributed by atoms with Gasteiger partial charge in [0, 0.05) is 25.5 Å². The largest absolute Gasteiger partial charge is 0.355 e. The van der Waals surface area contributed by atoms with Crippen molar-refractivity contribution in [3.8, 4) is 0 Å². The monoisotopic (exact) mass is 263 g/mol. The Bertz CT molecular complexity index is 404. The summed E-state index contributed by atoms with van der Waals surface area (Å²) in [7, 11) is 0. The number of rotatable bonds is 7. The van der Waals surface area contributed by atoms with Crippen LogP contribution >= 0.6 is 0 Å². The molecule has 0 bridgehead atoms. The Kier molecular flexibility index (Phi) is 6.50. The molecular formula is C15H25N3O. The van der Waals surface area contributed by atoms with Gasteiger partial charge in [0.2, 0.25) is 5.91 Å². The summed E-state index contributed by atoms with van der Waals surface area (Å²) in [5.41, 5.74) is 2.32. The Balaban J connectivity index is 2.32. The van der Waals surface area contributed by atoms with E-state index in [1.807, 2.05) is 26.1 Å². The van der Waals surface area contributed by atoms with Crippen LogP contribution in [0.25, 0.3) is 0 Å². The van der Waals surface area contributed by atoms with E-state index < -0.39 is 0 Å². The summed E-state index contributed by atoms with van der Waals surface area (Å²) in [6.07, 6.45) is 4.63. The van der Waals surface area contributed by atoms with Crippen LogP contribution < -0.4 is 10.6 Å². The lowest BCUT2D eigenvalue weighted by Crippen LogP contribution is -2.42. The van der Waals surface area contributed by atoms with Gasteiger partial charge in [-0.2, -0.15) is 0 Å². The lowest BCUT2D eigenvalue weighted by molar-refractivity contribution is -0.122. The summed E-state index contributed by atoms with van der Waals surface area (Å²) >= 11 is 0. The van der Waals surface area contributed by atoms with Crippen molar-refractivity contribution in [3.63, 3.8) is 0 Å². The number of pyridine rings is 1. The Morgan fingerprint density at radius 1 is 1.37 bits per heavy atom. The van der Waals surface area contributed by atoms with Gasteiger partial charge in [0.15, 0.2) is 0 Å². The van der Waals surface area contributed by atoms with E-state index in [0.717, 1.165) is 18.5 Å². The molecule has 1 unspecified atom stereocenters. The van der Waals surface area contributed by atoms with Crippen molar-refractivity contribution in [2.75, 3.05) is 6.54 Å². The maximum absolute atomic E-state index is 11.8. The molecule has 1 amide bonds. The number of amides is 1. The quantitative estimate of drug-likeness (QED) is 0.791. The highest BCUT2D eigenvalue weighted by Gasteiger charge is 2.12. The van der Waals surface area contributed by atoms with Crippen LogP contribution in [0.15, 0.2) is 18.5 Å². The summed E-state index contributed by atoms with van der Waals surface area (Å²) in [6.45, 7) is 9.65. The molecule has 0 aliphatic rings. The second-order valence-electron chi connectivity index (χ2n) is 5.38. The predicted octanol–water partition coefficient (Wildman–Crippen LogP) is 2.03. The van der Waals surface area contributed by atoms with Gasteiger partial charge in [0.05, 0.1) is 6.04 Å². The summed E-state index contributed by atoms with van der Waals surface area (Å²) < 4.78 is 0. The van der Waals surface area contributed by atoms with Gasteiger partial charge in [-0.3, -0.25) is 9.78 Å². The molecule has 4 nitrogen and oxygen atoms in total. The fourth-order valence-electron chi connectivity index (χ4n) is 1.67. The van der Waals surface area contributed by atoms with Crippen molar-refractivity contribution >= 4 is 5.91 Å². The van der Waals surface area contributed by atoms with Crippen LogP contribution in [0, 0.1) is 12.8 Å². The number of hydrogen-bond donors (Lipinski definition) is 2. The van der Waals surface area contributed by atoms with Gasteiger partial charge in [-0.25, -0.2) is 0 Å². The van der Waals surface area contributed by atoms with E-state index in [1.54, 1.807) is 6.20 Å². The van der Waals surface area contributed by atoms with Gasteiger partial charge in [-0.05, 0) is 43.4 Å². The van der Waals surface area contributed by atoms with Crippen molar-refractivity contribution in [2.45, 2.75) is 46.7 Å². The molecule has 106 valence electrons. The highest BCUT2D eigenvalue weighted by Crippen LogP contribution is 2.04. The van der Waals surface area contributed by atoms with Gasteiger partial charge < -0.3 is 10.6 Å². The third-order valence-electron chi connectivity index (χ3n) is 3.16. The highest BCUT2D eigenvalue weighted by molar-refractivity contribution is 5.81. The fraction of sp³-hybridized carbons (Fsp3) is 0.600. The third kappa shape index (κ3) is 5.83. The summed E-state index contributed by atoms with van der Waals surface area (Å²) in [5.74, 6) is 0.670. The predicted molar refractivity (Wildman–Crippen MR) is 77.7 cm³/mol. The fourth-order valence-corrected chi connectivity index (χ4v) is 1.67. The van der Waals surface area contributed by atoms with Gasteiger partial charge in [0.1, 0.15) is 0 Å². The van der Waals surface area contributed by atoms with E-state index >= 15 is 0 Å². The van der Waals surface area contributed by atoms with Gasteiger partial charge in [-0.15, -0.1) is 0 Å². The average Bonchev–Trinajstić information content (AvgIpc) is 2.36. The molecule has 1 rings (SSSR count). The minimum Gasteiger partial charge on any atom is -0.355 e. The zero-order valence-corrected chi connectivity index (χ0v) is 12.4. The molecule has 0 aliphatic carbocycles. The molecule has 1 aromatic heterocycles. The number of aromatic nitrogens is 1. The SMILES string of the molecule is Cc1ccncc1CNC(C)C(=O)NCCC(C)C. The number of nitrogens with zero attached hydrogens (tertiary/aromatic N) is 1. The molecule has 1 atom stereocenters. The van der Waals surface area contributed by atoms with Crippen LogP contribution in [0.2, 0.25) is 0 Å². The van der Waals surface area contributed by atoms with E-state index in [2.05, 4.69) is 29.5 Å². The first-order valence-electron chi connectivity index (χ1n) is 6.91. The third-order valence-corrected chi connectivity index (χ3v) is 3.16. The minimum atomic E-state index is -0.188. The first-order valence-corrected chi connectivity index (χ1v) is 6.91. The summed E-state index contributed by atoms with van der Waals surface area (Å²) in [5, 5.41) is 6.17. The Hall–Kier alpha value is -1.42. The minimum absolute atomic E-state index is 0.0576. The van der Waals surface area contributed by atoms with E-state index in [4.69, 9.17) is 0 Å². The van der Waals surface area contributed by atoms with E-state index in [9.17, 15) is 4.79 Å². The maximum atomic E-state index is 11.8. The number of carbonyl (C=O) groups is 1. The lowest BCUT2D eigenvalue weighted by atomic mass is 10.1. The Labute approximate surface area is 116 Å². The molecule has 0 radical (unpaired) electrons. The molecule has 19 heavy (non-hydrogen) atoms. The number of nitrogens with one attached hydrogen (secondary N) is 2. The van der Waals surface area contributed by atoms with E-state index in [1.165, 1.54) is 5.56 Å². The van der Waals surface area contributed by atoms with Crippen LogP contribution in [-0.2, 0) is 11.3 Å². The zero-order valence-electron chi connectivity index (χ0n) is 12.4. The molecule has 0 aromatic carbocycles. The van der Waals surface area contributed by atoms with E-state index in [0.29, 0.717) is 12.5 Å². The standard InChI is InChI=1S/C15H25N3O/c1-11(2)5-8-17-15(19)13(4)18-10-14-9-16-7-6-12(14)3/h6-7,9,11,13,18H,5,8,10H2,1-4H3,(H,17,19). The lowest BCUT2D eigenvalue weighted by Gasteiger charge is -2.15. The maximum Gasteiger partial charge on any atom is 0.236 e. The molecule has 0 aliphatic heterocycles. The molecule has 0 fully saturated rings. The normalized spacial score (nSPS) is 12.5. The molecule has 1 aromatic rings.